The van der Waals surface area contributed by atoms with Crippen LogP contribution in [0.1, 0.15) is 0 Å². The van der Waals surface area contributed by atoms with E-state index in [2.05, 4.69) is 19.7 Å². The highest BCUT2D eigenvalue weighted by molar-refractivity contribution is 6.28. The Bertz CT molecular complexity index is 586. The third kappa shape index (κ3) is 4.12. The fourth-order valence-corrected chi connectivity index (χ4v) is 1.37. The molecule has 1 heterocycles. The summed E-state index contributed by atoms with van der Waals surface area (Å²) >= 11 is 5.55. The number of alkyl halides is 3. The Kier molecular flexibility index (Phi) is 3.79. The molecule has 0 spiro atoms. The van der Waals surface area contributed by atoms with Crippen molar-refractivity contribution >= 4 is 17.5 Å². The minimum atomic E-state index is -4.75. The summed E-state index contributed by atoms with van der Waals surface area (Å²) in [5.41, 5.74) is 5.33. The van der Waals surface area contributed by atoms with E-state index in [1.54, 1.807) is 0 Å². The minimum absolute atomic E-state index is 0.142. The van der Waals surface area contributed by atoms with Crippen molar-refractivity contribution in [2.75, 3.05) is 5.73 Å². The van der Waals surface area contributed by atoms with Crippen molar-refractivity contribution in [2.45, 2.75) is 6.36 Å². The highest BCUT2D eigenvalue weighted by atomic mass is 35.5. The van der Waals surface area contributed by atoms with Gasteiger partial charge in [0.1, 0.15) is 11.5 Å². The van der Waals surface area contributed by atoms with Crippen LogP contribution in [0.25, 0.3) is 0 Å². The third-order valence-electron chi connectivity index (χ3n) is 1.87. The fourth-order valence-electron chi connectivity index (χ4n) is 1.21. The highest BCUT2D eigenvalue weighted by Gasteiger charge is 2.30. The first kappa shape index (κ1) is 14.1. The van der Waals surface area contributed by atoms with E-state index in [4.69, 9.17) is 22.1 Å². The number of benzene rings is 1. The van der Waals surface area contributed by atoms with Crippen LogP contribution < -0.4 is 15.2 Å². The molecule has 1 aromatic carbocycles. The van der Waals surface area contributed by atoms with Crippen molar-refractivity contribution in [1.29, 1.82) is 0 Å². The van der Waals surface area contributed by atoms with Gasteiger partial charge >= 0.3 is 12.4 Å². The Morgan fingerprint density at radius 2 is 1.60 bits per heavy atom. The zero-order chi connectivity index (χ0) is 14.8. The molecule has 0 fully saturated rings. The molecule has 0 aliphatic carbocycles. The standard InChI is InChI=1S/C10H6ClF3N4O2/c11-7-16-8(15)18-9(17-7)19-5-1-3-6(4-2-5)20-10(12,13)14/h1-4H,(H2,15,16,17,18). The van der Waals surface area contributed by atoms with Gasteiger partial charge in [0.15, 0.2) is 0 Å². The van der Waals surface area contributed by atoms with Gasteiger partial charge in [0.25, 0.3) is 0 Å². The maximum atomic E-state index is 12.0. The first-order valence-electron chi connectivity index (χ1n) is 5.02. The lowest BCUT2D eigenvalue weighted by Gasteiger charge is -2.09. The van der Waals surface area contributed by atoms with E-state index in [9.17, 15) is 13.2 Å². The molecule has 0 saturated heterocycles. The second kappa shape index (κ2) is 5.37. The molecular formula is C10H6ClF3N4O2. The van der Waals surface area contributed by atoms with Crippen molar-refractivity contribution in [3.8, 4) is 17.5 Å². The highest BCUT2D eigenvalue weighted by Crippen LogP contribution is 2.26. The molecule has 0 radical (unpaired) electrons. The molecule has 10 heteroatoms. The van der Waals surface area contributed by atoms with E-state index in [0.717, 1.165) is 12.1 Å². The molecule has 0 amide bonds. The van der Waals surface area contributed by atoms with Crippen LogP contribution in [0.5, 0.6) is 17.5 Å². The van der Waals surface area contributed by atoms with Crippen LogP contribution in [0.3, 0.4) is 0 Å². The molecule has 0 atom stereocenters. The molecule has 6 nitrogen and oxygen atoms in total. The van der Waals surface area contributed by atoms with E-state index in [1.807, 2.05) is 0 Å². The van der Waals surface area contributed by atoms with Gasteiger partial charge in [-0.3, -0.25) is 0 Å². The van der Waals surface area contributed by atoms with Crippen LogP contribution in [0, 0.1) is 0 Å². The van der Waals surface area contributed by atoms with Crippen LogP contribution in [-0.4, -0.2) is 21.3 Å². The molecule has 0 unspecified atom stereocenters. The van der Waals surface area contributed by atoms with E-state index in [0.29, 0.717) is 0 Å². The number of ether oxygens (including phenoxy) is 2. The fraction of sp³-hybridized carbons (Fsp3) is 0.100. The Labute approximate surface area is 115 Å². The van der Waals surface area contributed by atoms with Gasteiger partial charge in [0.2, 0.25) is 11.2 Å². The normalized spacial score (nSPS) is 11.2. The van der Waals surface area contributed by atoms with Gasteiger partial charge in [-0.05, 0) is 35.9 Å². The van der Waals surface area contributed by atoms with Gasteiger partial charge in [0, 0.05) is 0 Å². The van der Waals surface area contributed by atoms with Crippen molar-refractivity contribution in [3.63, 3.8) is 0 Å². The SMILES string of the molecule is Nc1nc(Cl)nc(Oc2ccc(OC(F)(F)F)cc2)n1. The number of nitrogens with zero attached hydrogens (tertiary/aromatic N) is 3. The van der Waals surface area contributed by atoms with Gasteiger partial charge in [0.05, 0.1) is 0 Å². The van der Waals surface area contributed by atoms with Crippen molar-refractivity contribution in [3.05, 3.63) is 29.5 Å². The Morgan fingerprint density at radius 1 is 1.00 bits per heavy atom. The van der Waals surface area contributed by atoms with Gasteiger partial charge in [-0.1, -0.05) is 0 Å². The quantitative estimate of drug-likeness (QED) is 0.938. The van der Waals surface area contributed by atoms with E-state index < -0.39 is 6.36 Å². The minimum Gasteiger partial charge on any atom is -0.424 e. The van der Waals surface area contributed by atoms with Crippen LogP contribution in [0.15, 0.2) is 24.3 Å². The Hall–Kier alpha value is -2.29. The Balaban J connectivity index is 2.10. The number of anilines is 1. The number of rotatable bonds is 3. The second-order valence-electron chi connectivity index (χ2n) is 3.37. The molecule has 0 bridgehead atoms. The summed E-state index contributed by atoms with van der Waals surface area (Å²) in [6, 6.07) is 4.47. The summed E-state index contributed by atoms with van der Waals surface area (Å²) in [7, 11) is 0. The predicted molar refractivity (Wildman–Crippen MR) is 62.4 cm³/mol. The average Bonchev–Trinajstić information content (AvgIpc) is 2.28. The molecule has 0 saturated carbocycles. The maximum Gasteiger partial charge on any atom is 0.573 e. The van der Waals surface area contributed by atoms with Gasteiger partial charge in [-0.25, -0.2) is 0 Å². The predicted octanol–water partition coefficient (Wildman–Crippen LogP) is 2.80. The van der Waals surface area contributed by atoms with E-state index >= 15 is 0 Å². The van der Waals surface area contributed by atoms with E-state index in [-0.39, 0.29) is 28.7 Å². The number of nitrogen functional groups attached to an aromatic ring is 1. The zero-order valence-electron chi connectivity index (χ0n) is 9.56. The number of hydrogen-bond donors (Lipinski definition) is 1. The zero-order valence-corrected chi connectivity index (χ0v) is 10.3. The summed E-state index contributed by atoms with van der Waals surface area (Å²) in [5.74, 6) is -0.337. The van der Waals surface area contributed by atoms with Crippen LogP contribution in [0.4, 0.5) is 19.1 Å². The lowest BCUT2D eigenvalue weighted by atomic mass is 10.3. The Morgan fingerprint density at radius 3 is 2.15 bits per heavy atom. The summed E-state index contributed by atoms with van der Waals surface area (Å²) in [6.07, 6.45) is -4.75. The first-order valence-corrected chi connectivity index (χ1v) is 5.40. The van der Waals surface area contributed by atoms with E-state index in [1.165, 1.54) is 12.1 Å². The molecule has 1 aromatic heterocycles. The smallest absolute Gasteiger partial charge is 0.424 e. The van der Waals surface area contributed by atoms with Gasteiger partial charge in [-0.15, -0.1) is 13.2 Å². The molecule has 2 aromatic rings. The molecule has 20 heavy (non-hydrogen) atoms. The maximum absolute atomic E-state index is 12.0. The number of nitrogens with two attached hydrogens (primary N) is 1. The number of hydrogen-bond acceptors (Lipinski definition) is 6. The van der Waals surface area contributed by atoms with Crippen LogP contribution in [-0.2, 0) is 0 Å². The lowest BCUT2D eigenvalue weighted by molar-refractivity contribution is -0.274. The molecular weight excluding hydrogens is 301 g/mol. The van der Waals surface area contributed by atoms with Crippen LogP contribution in [0.2, 0.25) is 5.28 Å². The largest absolute Gasteiger partial charge is 0.573 e. The van der Waals surface area contributed by atoms with Gasteiger partial charge < -0.3 is 15.2 Å². The van der Waals surface area contributed by atoms with Crippen molar-refractivity contribution < 1.29 is 22.6 Å². The number of halogens is 4. The van der Waals surface area contributed by atoms with Crippen LogP contribution >= 0.6 is 11.6 Å². The molecule has 106 valence electrons. The third-order valence-corrected chi connectivity index (χ3v) is 2.04. The average molecular weight is 307 g/mol. The molecule has 2 N–H and O–H groups in total. The summed E-state index contributed by atoms with van der Waals surface area (Å²) in [6.45, 7) is 0. The molecule has 0 aliphatic rings. The lowest BCUT2D eigenvalue weighted by Crippen LogP contribution is -2.16. The summed E-state index contributed by atoms with van der Waals surface area (Å²) < 4.78 is 44.8. The van der Waals surface area contributed by atoms with Crippen molar-refractivity contribution in [2.24, 2.45) is 0 Å². The van der Waals surface area contributed by atoms with Gasteiger partial charge in [-0.2, -0.15) is 15.0 Å². The van der Waals surface area contributed by atoms with Crippen molar-refractivity contribution in [1.82, 2.24) is 15.0 Å². The summed E-state index contributed by atoms with van der Waals surface area (Å²) in [4.78, 5) is 10.8. The second-order valence-corrected chi connectivity index (χ2v) is 3.70. The molecule has 0 aliphatic heterocycles. The monoisotopic (exact) mass is 306 g/mol. The number of aromatic nitrogens is 3. The topological polar surface area (TPSA) is 83.2 Å². The molecule has 2 rings (SSSR count). The first-order chi connectivity index (χ1) is 9.32. The summed E-state index contributed by atoms with van der Waals surface area (Å²) in [5, 5.41) is -0.162.